The first-order valence-electron chi connectivity index (χ1n) is 7.12. The maximum Gasteiger partial charge on any atom is 0.265 e. The highest BCUT2D eigenvalue weighted by molar-refractivity contribution is 7.17. The Morgan fingerprint density at radius 2 is 2.00 bits per heavy atom. The van der Waals surface area contributed by atoms with Crippen LogP contribution in [0.4, 0.5) is 10.1 Å². The molecule has 0 fully saturated rings. The Bertz CT molecular complexity index is 904. The van der Waals surface area contributed by atoms with E-state index in [2.05, 4.69) is 5.32 Å². The second-order valence-electron chi connectivity index (χ2n) is 5.21. The van der Waals surface area contributed by atoms with Gasteiger partial charge < -0.3 is 10.1 Å². The Hall–Kier alpha value is -2.66. The predicted octanol–water partition coefficient (Wildman–Crippen LogP) is 4.70. The van der Waals surface area contributed by atoms with Crippen LogP contribution in [-0.4, -0.2) is 5.91 Å². The van der Waals surface area contributed by atoms with Gasteiger partial charge in [0.1, 0.15) is 18.2 Å². The Morgan fingerprint density at radius 3 is 2.87 bits per heavy atom. The van der Waals surface area contributed by atoms with E-state index >= 15 is 0 Å². The number of hydrogen-bond acceptors (Lipinski definition) is 3. The summed E-state index contributed by atoms with van der Waals surface area (Å²) in [6.07, 6.45) is 0. The van der Waals surface area contributed by atoms with Crippen LogP contribution in [0.1, 0.15) is 15.2 Å². The van der Waals surface area contributed by atoms with Crippen molar-refractivity contribution in [3.63, 3.8) is 0 Å². The summed E-state index contributed by atoms with van der Waals surface area (Å²) >= 11 is 1.42. The Labute approximate surface area is 136 Å². The van der Waals surface area contributed by atoms with E-state index in [1.54, 1.807) is 12.1 Å². The van der Waals surface area contributed by atoms with Gasteiger partial charge in [0.15, 0.2) is 0 Å². The van der Waals surface area contributed by atoms with E-state index in [4.69, 9.17) is 4.74 Å². The van der Waals surface area contributed by atoms with Crippen molar-refractivity contribution in [3.8, 4) is 16.2 Å². The van der Waals surface area contributed by atoms with E-state index in [-0.39, 0.29) is 11.7 Å². The molecule has 0 spiro atoms. The maximum atomic E-state index is 13.2. The third-order valence-electron chi connectivity index (χ3n) is 3.63. The first kappa shape index (κ1) is 14.0. The number of benzene rings is 2. The maximum absolute atomic E-state index is 13.2. The predicted molar refractivity (Wildman–Crippen MR) is 88.4 cm³/mol. The average Bonchev–Trinajstić information content (AvgIpc) is 3.00. The van der Waals surface area contributed by atoms with Gasteiger partial charge in [-0.25, -0.2) is 4.39 Å². The van der Waals surface area contributed by atoms with Crippen molar-refractivity contribution in [1.29, 1.82) is 0 Å². The van der Waals surface area contributed by atoms with Crippen molar-refractivity contribution in [2.75, 3.05) is 5.32 Å². The van der Waals surface area contributed by atoms with Crippen LogP contribution >= 0.6 is 11.3 Å². The quantitative estimate of drug-likeness (QED) is 0.742. The van der Waals surface area contributed by atoms with Gasteiger partial charge in [-0.3, -0.25) is 4.79 Å². The van der Waals surface area contributed by atoms with E-state index < -0.39 is 0 Å². The van der Waals surface area contributed by atoms with Crippen LogP contribution in [0.3, 0.4) is 0 Å². The lowest BCUT2D eigenvalue weighted by atomic mass is 10.1. The lowest BCUT2D eigenvalue weighted by Gasteiger charge is -2.16. The van der Waals surface area contributed by atoms with Gasteiger partial charge in [0.25, 0.3) is 5.91 Å². The zero-order valence-corrected chi connectivity index (χ0v) is 12.8. The van der Waals surface area contributed by atoms with E-state index in [0.717, 1.165) is 21.8 Å². The molecule has 2 heterocycles. The second-order valence-corrected chi connectivity index (χ2v) is 6.27. The molecule has 0 radical (unpaired) electrons. The zero-order valence-electron chi connectivity index (χ0n) is 12.0. The molecule has 0 bridgehead atoms. The number of carbonyl (C=O) groups is 1. The second kappa shape index (κ2) is 5.52. The molecule has 5 heteroatoms. The topological polar surface area (TPSA) is 38.3 Å². The third kappa shape index (κ3) is 2.59. The number of thiophene rings is 1. The largest absolute Gasteiger partial charge is 0.488 e. The molecule has 4 rings (SSSR count). The van der Waals surface area contributed by atoms with Gasteiger partial charge in [0.05, 0.1) is 4.88 Å². The van der Waals surface area contributed by atoms with Gasteiger partial charge in [-0.1, -0.05) is 18.2 Å². The van der Waals surface area contributed by atoms with Crippen LogP contribution < -0.4 is 10.1 Å². The van der Waals surface area contributed by atoms with Gasteiger partial charge in [0, 0.05) is 21.7 Å². The van der Waals surface area contributed by atoms with Crippen LogP contribution in [0.5, 0.6) is 5.75 Å². The molecular formula is C18H12FNO2S. The number of hydrogen-bond donors (Lipinski definition) is 1. The molecule has 0 aliphatic carbocycles. The molecular weight excluding hydrogens is 313 g/mol. The number of amides is 1. The highest BCUT2D eigenvalue weighted by atomic mass is 32.1. The van der Waals surface area contributed by atoms with Crippen molar-refractivity contribution < 1.29 is 13.9 Å². The number of rotatable bonds is 2. The smallest absolute Gasteiger partial charge is 0.265 e. The highest BCUT2D eigenvalue weighted by Gasteiger charge is 2.22. The van der Waals surface area contributed by atoms with Crippen molar-refractivity contribution in [3.05, 3.63) is 70.9 Å². The number of para-hydroxylation sites is 1. The van der Waals surface area contributed by atoms with Gasteiger partial charge in [0.2, 0.25) is 0 Å². The number of carbonyl (C=O) groups excluding carboxylic acids is 1. The van der Waals surface area contributed by atoms with Crippen molar-refractivity contribution in [2.24, 2.45) is 0 Å². The van der Waals surface area contributed by atoms with Crippen molar-refractivity contribution in [2.45, 2.75) is 6.61 Å². The molecule has 0 atom stereocenters. The minimum Gasteiger partial charge on any atom is -0.488 e. The van der Waals surface area contributed by atoms with E-state index in [9.17, 15) is 9.18 Å². The molecule has 3 aromatic rings. The number of fused-ring (bicyclic) bond motifs is 3. The molecule has 0 saturated carbocycles. The van der Waals surface area contributed by atoms with Crippen LogP contribution in [0, 0.1) is 5.82 Å². The summed E-state index contributed by atoms with van der Waals surface area (Å²) in [4.78, 5) is 14.0. The Morgan fingerprint density at radius 1 is 1.13 bits per heavy atom. The average molecular weight is 325 g/mol. The molecule has 1 aliphatic heterocycles. The van der Waals surface area contributed by atoms with Crippen LogP contribution in [0.25, 0.3) is 10.4 Å². The van der Waals surface area contributed by atoms with Crippen LogP contribution in [-0.2, 0) is 6.61 Å². The summed E-state index contributed by atoms with van der Waals surface area (Å²) in [5, 5.41) is 2.72. The molecule has 1 aliphatic rings. The minimum absolute atomic E-state index is 0.243. The molecule has 2 aromatic carbocycles. The summed E-state index contributed by atoms with van der Waals surface area (Å²) in [6.45, 7) is 0.454. The molecule has 0 saturated heterocycles. The molecule has 3 nitrogen and oxygen atoms in total. The van der Waals surface area contributed by atoms with E-state index in [1.165, 1.54) is 23.5 Å². The lowest BCUT2D eigenvalue weighted by molar-refractivity contribution is 0.103. The normalized spacial score (nSPS) is 12.0. The fourth-order valence-corrected chi connectivity index (χ4v) is 3.66. The highest BCUT2D eigenvalue weighted by Crippen LogP contribution is 2.42. The van der Waals surface area contributed by atoms with E-state index in [1.807, 2.05) is 30.3 Å². The number of halogens is 1. The first-order chi connectivity index (χ1) is 11.2. The van der Waals surface area contributed by atoms with Gasteiger partial charge in [-0.2, -0.15) is 0 Å². The Balaban J connectivity index is 1.65. The summed E-state index contributed by atoms with van der Waals surface area (Å²) in [6, 6.07) is 15.5. The standard InChI is InChI=1S/C18H12FNO2S/c19-12-4-3-5-13(9-12)20-18(21)16-8-11-10-22-15-7-2-1-6-14(15)17(11)23-16/h1-9H,10H2,(H,20,21). The zero-order chi connectivity index (χ0) is 15.8. The fraction of sp³-hybridized carbons (Fsp3) is 0.0556. The van der Waals surface area contributed by atoms with E-state index in [0.29, 0.717) is 17.2 Å². The molecule has 1 N–H and O–H groups in total. The molecule has 114 valence electrons. The van der Waals surface area contributed by atoms with Gasteiger partial charge >= 0.3 is 0 Å². The lowest BCUT2D eigenvalue weighted by Crippen LogP contribution is -2.10. The molecule has 0 unspecified atom stereocenters. The SMILES string of the molecule is O=C(Nc1cccc(F)c1)c1cc2c(s1)-c1ccccc1OC2. The van der Waals surface area contributed by atoms with Crippen LogP contribution in [0.15, 0.2) is 54.6 Å². The molecule has 1 aromatic heterocycles. The van der Waals surface area contributed by atoms with Crippen LogP contribution in [0.2, 0.25) is 0 Å². The molecule has 1 amide bonds. The monoisotopic (exact) mass is 325 g/mol. The first-order valence-corrected chi connectivity index (χ1v) is 7.94. The minimum atomic E-state index is -0.379. The third-order valence-corrected chi connectivity index (χ3v) is 4.84. The summed E-state index contributed by atoms with van der Waals surface area (Å²) in [5.41, 5.74) is 2.44. The number of nitrogens with one attached hydrogen (secondary N) is 1. The number of anilines is 1. The molecule has 23 heavy (non-hydrogen) atoms. The van der Waals surface area contributed by atoms with Crippen molar-refractivity contribution in [1.82, 2.24) is 0 Å². The summed E-state index contributed by atoms with van der Waals surface area (Å²) in [5.74, 6) is 0.210. The van der Waals surface area contributed by atoms with Crippen molar-refractivity contribution >= 4 is 22.9 Å². The number of ether oxygens (including phenoxy) is 1. The van der Waals surface area contributed by atoms with Gasteiger partial charge in [-0.15, -0.1) is 11.3 Å². The summed E-state index contributed by atoms with van der Waals surface area (Å²) in [7, 11) is 0. The van der Waals surface area contributed by atoms with Gasteiger partial charge in [-0.05, 0) is 36.4 Å². The summed E-state index contributed by atoms with van der Waals surface area (Å²) < 4.78 is 18.9. The Kier molecular flexibility index (Phi) is 3.35. The fourth-order valence-electron chi connectivity index (χ4n) is 2.57.